The highest BCUT2D eigenvalue weighted by Gasteiger charge is 2.16. The first-order chi connectivity index (χ1) is 9.40. The SMILES string of the molecule is CC(C)Cn1c(C(C)C)ccc(-c2n[nH]c(=S)o2)c1=O. The van der Waals surface area contributed by atoms with Crippen LogP contribution in [0.25, 0.3) is 11.5 Å². The summed E-state index contributed by atoms with van der Waals surface area (Å²) in [4.78, 5) is 12.8. The van der Waals surface area contributed by atoms with Crippen LogP contribution in [0, 0.1) is 10.8 Å². The van der Waals surface area contributed by atoms with Gasteiger partial charge in [0.1, 0.15) is 5.56 Å². The predicted molar refractivity (Wildman–Crippen MR) is 80.3 cm³/mol. The molecule has 0 unspecified atom stereocenters. The molecule has 2 heterocycles. The highest BCUT2D eigenvalue weighted by Crippen LogP contribution is 2.18. The number of pyridine rings is 1. The van der Waals surface area contributed by atoms with Crippen LogP contribution in [-0.4, -0.2) is 14.8 Å². The van der Waals surface area contributed by atoms with Crippen LogP contribution >= 0.6 is 12.2 Å². The summed E-state index contributed by atoms with van der Waals surface area (Å²) in [5.74, 6) is 0.903. The van der Waals surface area contributed by atoms with E-state index < -0.39 is 0 Å². The van der Waals surface area contributed by atoms with Crippen LogP contribution in [0.15, 0.2) is 21.3 Å². The Kier molecular flexibility index (Phi) is 4.23. The van der Waals surface area contributed by atoms with Gasteiger partial charge in [-0.15, -0.1) is 5.10 Å². The van der Waals surface area contributed by atoms with Gasteiger partial charge >= 0.3 is 0 Å². The van der Waals surface area contributed by atoms with Crippen LogP contribution in [0.1, 0.15) is 39.3 Å². The van der Waals surface area contributed by atoms with Crippen molar-refractivity contribution < 1.29 is 4.42 Å². The lowest BCUT2D eigenvalue weighted by Crippen LogP contribution is -2.27. The molecule has 5 nitrogen and oxygen atoms in total. The number of hydrogen-bond donors (Lipinski definition) is 1. The fraction of sp³-hybridized carbons (Fsp3) is 0.500. The highest BCUT2D eigenvalue weighted by molar-refractivity contribution is 7.71. The van der Waals surface area contributed by atoms with Crippen LogP contribution in [0.4, 0.5) is 0 Å². The minimum atomic E-state index is -0.0878. The molecule has 0 amide bonds. The Morgan fingerprint density at radius 2 is 2.05 bits per heavy atom. The van der Waals surface area contributed by atoms with E-state index >= 15 is 0 Å². The third-order valence-corrected chi connectivity index (χ3v) is 3.19. The number of nitrogens with one attached hydrogen (secondary N) is 1. The molecule has 2 aromatic rings. The normalized spacial score (nSPS) is 11.5. The second-order valence-electron chi connectivity index (χ2n) is 5.55. The average Bonchev–Trinajstić information content (AvgIpc) is 2.77. The largest absolute Gasteiger partial charge is 0.409 e. The topological polar surface area (TPSA) is 63.8 Å². The van der Waals surface area contributed by atoms with E-state index in [1.807, 2.05) is 6.07 Å². The number of aromatic amines is 1. The summed E-state index contributed by atoms with van der Waals surface area (Å²) in [7, 11) is 0. The van der Waals surface area contributed by atoms with Crippen molar-refractivity contribution in [2.24, 2.45) is 5.92 Å². The summed E-state index contributed by atoms with van der Waals surface area (Å²) in [5, 5.41) is 6.47. The highest BCUT2D eigenvalue weighted by atomic mass is 32.1. The molecule has 2 aromatic heterocycles. The molecule has 1 N–H and O–H groups in total. The lowest BCUT2D eigenvalue weighted by Gasteiger charge is -2.18. The van der Waals surface area contributed by atoms with Gasteiger partial charge in [0.15, 0.2) is 0 Å². The van der Waals surface area contributed by atoms with Gasteiger partial charge in [-0.2, -0.15) is 0 Å². The van der Waals surface area contributed by atoms with Crippen molar-refractivity contribution in [3.05, 3.63) is 33.0 Å². The van der Waals surface area contributed by atoms with Crippen molar-refractivity contribution in [3.8, 4) is 11.5 Å². The summed E-state index contributed by atoms with van der Waals surface area (Å²) >= 11 is 4.85. The van der Waals surface area contributed by atoms with Gasteiger partial charge in [-0.1, -0.05) is 27.7 Å². The monoisotopic (exact) mass is 293 g/mol. The number of aromatic nitrogens is 3. The zero-order valence-electron chi connectivity index (χ0n) is 12.1. The van der Waals surface area contributed by atoms with E-state index in [0.29, 0.717) is 18.0 Å². The van der Waals surface area contributed by atoms with Gasteiger partial charge < -0.3 is 8.98 Å². The Morgan fingerprint density at radius 1 is 1.35 bits per heavy atom. The van der Waals surface area contributed by atoms with Crippen LogP contribution in [-0.2, 0) is 6.54 Å². The average molecular weight is 293 g/mol. The molecule has 2 rings (SSSR count). The molecule has 108 valence electrons. The maximum Gasteiger partial charge on any atom is 0.284 e. The molecule has 0 saturated carbocycles. The van der Waals surface area contributed by atoms with E-state index in [0.717, 1.165) is 5.69 Å². The minimum absolute atomic E-state index is 0.0878. The van der Waals surface area contributed by atoms with Crippen molar-refractivity contribution in [1.82, 2.24) is 14.8 Å². The summed E-state index contributed by atoms with van der Waals surface area (Å²) in [6.45, 7) is 9.00. The standard InChI is InChI=1S/C14H19N3O2S/c1-8(2)7-17-11(9(3)4)6-5-10(13(17)18)12-15-16-14(20)19-12/h5-6,8-9H,7H2,1-4H3,(H,16,20). The molecular formula is C14H19N3O2S. The molecule has 0 atom stereocenters. The molecule has 0 aliphatic rings. The fourth-order valence-electron chi connectivity index (χ4n) is 2.16. The maximum atomic E-state index is 12.7. The summed E-state index contributed by atoms with van der Waals surface area (Å²) in [6, 6.07) is 3.71. The molecule has 0 spiro atoms. The maximum absolute atomic E-state index is 12.7. The smallest absolute Gasteiger partial charge is 0.284 e. The second-order valence-corrected chi connectivity index (χ2v) is 5.93. The zero-order chi connectivity index (χ0) is 14.9. The Hall–Kier alpha value is -1.69. The Labute approximate surface area is 122 Å². The fourth-order valence-corrected chi connectivity index (χ4v) is 2.28. The van der Waals surface area contributed by atoms with Crippen molar-refractivity contribution in [2.45, 2.75) is 40.2 Å². The zero-order valence-corrected chi connectivity index (χ0v) is 13.0. The lowest BCUT2D eigenvalue weighted by molar-refractivity contribution is 0.486. The predicted octanol–water partition coefficient (Wildman–Crippen LogP) is 3.34. The first-order valence-corrected chi connectivity index (χ1v) is 7.10. The summed E-state index contributed by atoms with van der Waals surface area (Å²) < 4.78 is 7.05. The third kappa shape index (κ3) is 2.90. The van der Waals surface area contributed by atoms with Gasteiger partial charge in [-0.3, -0.25) is 4.79 Å². The molecular weight excluding hydrogens is 274 g/mol. The number of H-pyrrole nitrogens is 1. The van der Waals surface area contributed by atoms with Gasteiger partial charge in [0, 0.05) is 12.2 Å². The Morgan fingerprint density at radius 3 is 2.55 bits per heavy atom. The van der Waals surface area contributed by atoms with Crippen molar-refractivity contribution in [1.29, 1.82) is 0 Å². The first-order valence-electron chi connectivity index (χ1n) is 6.69. The van der Waals surface area contributed by atoms with Crippen LogP contribution in [0.2, 0.25) is 0 Å². The quantitative estimate of drug-likeness (QED) is 0.878. The van der Waals surface area contributed by atoms with Gasteiger partial charge in [-0.05, 0) is 36.2 Å². The number of hydrogen-bond acceptors (Lipinski definition) is 4. The molecule has 0 bridgehead atoms. The van der Waals surface area contributed by atoms with E-state index in [9.17, 15) is 4.79 Å². The second kappa shape index (κ2) is 5.75. The summed E-state index contributed by atoms with van der Waals surface area (Å²) in [5.41, 5.74) is 1.36. The molecule has 6 heteroatoms. The molecule has 20 heavy (non-hydrogen) atoms. The number of nitrogens with zero attached hydrogens (tertiary/aromatic N) is 2. The van der Waals surface area contributed by atoms with Crippen molar-refractivity contribution in [2.75, 3.05) is 0 Å². The third-order valence-electron chi connectivity index (χ3n) is 3.02. The molecule has 0 aliphatic carbocycles. The minimum Gasteiger partial charge on any atom is -0.409 e. The lowest BCUT2D eigenvalue weighted by atomic mass is 10.1. The van der Waals surface area contributed by atoms with E-state index in [4.69, 9.17) is 16.6 Å². The van der Waals surface area contributed by atoms with Gasteiger partial charge in [0.2, 0.25) is 0 Å². The molecule has 0 aromatic carbocycles. The first kappa shape index (κ1) is 14.7. The van der Waals surface area contributed by atoms with E-state index in [2.05, 4.69) is 37.9 Å². The van der Waals surface area contributed by atoms with Gasteiger partial charge in [0.25, 0.3) is 16.3 Å². The van der Waals surface area contributed by atoms with Gasteiger partial charge in [-0.25, -0.2) is 5.10 Å². The molecule has 0 saturated heterocycles. The van der Waals surface area contributed by atoms with Crippen molar-refractivity contribution in [3.63, 3.8) is 0 Å². The molecule has 0 aliphatic heterocycles. The number of rotatable bonds is 4. The molecule has 0 fully saturated rings. The van der Waals surface area contributed by atoms with Gasteiger partial charge in [0.05, 0.1) is 0 Å². The van der Waals surface area contributed by atoms with Crippen molar-refractivity contribution >= 4 is 12.2 Å². The Balaban J connectivity index is 2.62. The van der Waals surface area contributed by atoms with E-state index in [1.165, 1.54) is 0 Å². The van der Waals surface area contributed by atoms with E-state index in [1.54, 1.807) is 10.6 Å². The van der Waals surface area contributed by atoms with Crippen LogP contribution < -0.4 is 5.56 Å². The van der Waals surface area contributed by atoms with Crippen LogP contribution in [0.5, 0.6) is 0 Å². The Bertz CT molecular complexity index is 710. The summed E-state index contributed by atoms with van der Waals surface area (Å²) in [6.07, 6.45) is 0. The molecule has 0 radical (unpaired) electrons. The van der Waals surface area contributed by atoms with Crippen LogP contribution in [0.3, 0.4) is 0 Å². The van der Waals surface area contributed by atoms with E-state index in [-0.39, 0.29) is 22.2 Å².